The molecule has 20 heavy (non-hydrogen) atoms. The smallest absolute Gasteiger partial charge is 0.200 e. The van der Waals surface area contributed by atoms with Crippen molar-refractivity contribution in [3.8, 4) is 17.2 Å². The lowest BCUT2D eigenvalue weighted by atomic mass is 9.97. The van der Waals surface area contributed by atoms with E-state index in [9.17, 15) is 15.3 Å². The van der Waals surface area contributed by atoms with Crippen LogP contribution in [0.2, 0.25) is 0 Å². The molecule has 1 aliphatic heterocycles. The molecule has 1 heterocycles. The summed E-state index contributed by atoms with van der Waals surface area (Å²) >= 11 is 0. The van der Waals surface area contributed by atoms with Crippen molar-refractivity contribution in [2.75, 3.05) is 26.2 Å². The summed E-state index contributed by atoms with van der Waals surface area (Å²) in [6.07, 6.45) is 3.53. The number of piperazine rings is 1. The molecule has 1 saturated carbocycles. The van der Waals surface area contributed by atoms with Crippen LogP contribution in [-0.4, -0.2) is 46.4 Å². The molecule has 0 aromatic heterocycles. The molecule has 0 spiro atoms. The van der Waals surface area contributed by atoms with E-state index >= 15 is 0 Å². The first-order chi connectivity index (χ1) is 9.66. The van der Waals surface area contributed by atoms with Crippen LogP contribution in [0.4, 0.5) is 0 Å². The van der Waals surface area contributed by atoms with Gasteiger partial charge in [-0.25, -0.2) is 0 Å². The first-order valence-electron chi connectivity index (χ1n) is 7.35. The SMILES string of the molecule is Oc1ccc([C@@H](CC2CC2)N2CCNCC2)c(O)c1O. The highest BCUT2D eigenvalue weighted by atomic mass is 16.3. The van der Waals surface area contributed by atoms with Crippen LogP contribution in [0.15, 0.2) is 12.1 Å². The number of phenolic OH excluding ortho intramolecular Hbond substituents is 3. The van der Waals surface area contributed by atoms with Gasteiger partial charge in [0.1, 0.15) is 0 Å². The number of hydrogen-bond acceptors (Lipinski definition) is 5. The van der Waals surface area contributed by atoms with Crippen LogP contribution in [0, 0.1) is 5.92 Å². The Morgan fingerprint density at radius 1 is 1.10 bits per heavy atom. The summed E-state index contributed by atoms with van der Waals surface area (Å²) in [5.41, 5.74) is 0.731. The number of hydrogen-bond donors (Lipinski definition) is 4. The Morgan fingerprint density at radius 3 is 2.45 bits per heavy atom. The fourth-order valence-electron chi connectivity index (χ4n) is 2.99. The van der Waals surface area contributed by atoms with Crippen LogP contribution in [0.25, 0.3) is 0 Å². The summed E-state index contributed by atoms with van der Waals surface area (Å²) < 4.78 is 0. The summed E-state index contributed by atoms with van der Waals surface area (Å²) in [4.78, 5) is 2.36. The lowest BCUT2D eigenvalue weighted by Gasteiger charge is -2.35. The molecular formula is C15H22N2O3. The average Bonchev–Trinajstić information content (AvgIpc) is 3.28. The van der Waals surface area contributed by atoms with Crippen molar-refractivity contribution >= 4 is 0 Å². The van der Waals surface area contributed by atoms with Gasteiger partial charge >= 0.3 is 0 Å². The zero-order valence-electron chi connectivity index (χ0n) is 11.5. The zero-order valence-corrected chi connectivity index (χ0v) is 11.5. The lowest BCUT2D eigenvalue weighted by Crippen LogP contribution is -2.45. The minimum Gasteiger partial charge on any atom is -0.504 e. The van der Waals surface area contributed by atoms with Gasteiger partial charge in [0.05, 0.1) is 0 Å². The second-order valence-corrected chi connectivity index (χ2v) is 5.85. The van der Waals surface area contributed by atoms with Crippen LogP contribution < -0.4 is 5.32 Å². The third-order valence-corrected chi connectivity index (χ3v) is 4.37. The Hall–Kier alpha value is -1.46. The van der Waals surface area contributed by atoms with Crippen molar-refractivity contribution in [1.82, 2.24) is 10.2 Å². The highest BCUT2D eigenvalue weighted by molar-refractivity contribution is 5.54. The molecule has 1 saturated heterocycles. The van der Waals surface area contributed by atoms with Crippen LogP contribution in [0.1, 0.15) is 30.9 Å². The van der Waals surface area contributed by atoms with E-state index in [0.717, 1.165) is 44.1 Å². The number of nitrogens with zero attached hydrogens (tertiary/aromatic N) is 1. The molecule has 1 aromatic carbocycles. The normalized spacial score (nSPS) is 21.8. The van der Waals surface area contributed by atoms with Crippen molar-refractivity contribution in [1.29, 1.82) is 0 Å². The molecule has 0 unspecified atom stereocenters. The first kappa shape index (κ1) is 13.5. The van der Waals surface area contributed by atoms with E-state index in [1.165, 1.54) is 18.9 Å². The lowest BCUT2D eigenvalue weighted by molar-refractivity contribution is 0.157. The molecule has 1 aromatic rings. The Morgan fingerprint density at radius 2 is 1.80 bits per heavy atom. The number of nitrogens with one attached hydrogen (secondary N) is 1. The molecule has 0 amide bonds. The molecule has 2 aliphatic rings. The van der Waals surface area contributed by atoms with Gasteiger partial charge in [0.15, 0.2) is 11.5 Å². The summed E-state index contributed by atoms with van der Waals surface area (Å²) in [6.45, 7) is 3.79. The van der Waals surface area contributed by atoms with E-state index in [1.54, 1.807) is 6.07 Å². The Bertz CT molecular complexity index is 482. The topological polar surface area (TPSA) is 76.0 Å². The molecule has 0 bridgehead atoms. The van der Waals surface area contributed by atoms with Gasteiger partial charge in [-0.2, -0.15) is 0 Å². The molecule has 2 fully saturated rings. The molecule has 1 aliphatic carbocycles. The third-order valence-electron chi connectivity index (χ3n) is 4.37. The molecular weight excluding hydrogens is 256 g/mol. The average molecular weight is 278 g/mol. The van der Waals surface area contributed by atoms with Gasteiger partial charge in [0, 0.05) is 37.8 Å². The van der Waals surface area contributed by atoms with E-state index in [-0.39, 0.29) is 17.5 Å². The predicted molar refractivity (Wildman–Crippen MR) is 76.0 cm³/mol. The molecule has 5 nitrogen and oxygen atoms in total. The van der Waals surface area contributed by atoms with E-state index in [2.05, 4.69) is 10.2 Å². The van der Waals surface area contributed by atoms with Crippen LogP contribution in [0.5, 0.6) is 17.2 Å². The maximum Gasteiger partial charge on any atom is 0.200 e. The monoisotopic (exact) mass is 278 g/mol. The van der Waals surface area contributed by atoms with E-state index in [1.807, 2.05) is 0 Å². The second-order valence-electron chi connectivity index (χ2n) is 5.85. The van der Waals surface area contributed by atoms with Crippen molar-refractivity contribution in [2.45, 2.75) is 25.3 Å². The largest absolute Gasteiger partial charge is 0.504 e. The quantitative estimate of drug-likeness (QED) is 0.629. The van der Waals surface area contributed by atoms with E-state index in [0.29, 0.717) is 0 Å². The van der Waals surface area contributed by atoms with Gasteiger partial charge in [-0.15, -0.1) is 0 Å². The fourth-order valence-corrected chi connectivity index (χ4v) is 2.99. The van der Waals surface area contributed by atoms with Gasteiger partial charge in [0.2, 0.25) is 5.75 Å². The second kappa shape index (κ2) is 5.50. The minimum absolute atomic E-state index is 0.121. The standard InChI is InChI=1S/C15H22N2O3/c18-13-4-3-11(14(19)15(13)20)12(9-10-1-2-10)17-7-5-16-6-8-17/h3-4,10,12,16,18-20H,1-2,5-9H2/t12-/m1/s1. The number of benzene rings is 1. The zero-order chi connectivity index (χ0) is 14.1. The van der Waals surface area contributed by atoms with Crippen molar-refractivity contribution in [2.24, 2.45) is 5.92 Å². The molecule has 3 rings (SSSR count). The molecule has 0 radical (unpaired) electrons. The van der Waals surface area contributed by atoms with E-state index in [4.69, 9.17) is 0 Å². The molecule has 110 valence electrons. The first-order valence-corrected chi connectivity index (χ1v) is 7.35. The van der Waals surface area contributed by atoms with Gasteiger partial charge in [-0.1, -0.05) is 12.8 Å². The maximum absolute atomic E-state index is 10.2. The van der Waals surface area contributed by atoms with E-state index < -0.39 is 5.75 Å². The number of aromatic hydroxyl groups is 3. The Kier molecular flexibility index (Phi) is 3.72. The summed E-state index contributed by atoms with van der Waals surface area (Å²) in [5, 5.41) is 32.7. The molecule has 1 atom stereocenters. The summed E-state index contributed by atoms with van der Waals surface area (Å²) in [7, 11) is 0. The van der Waals surface area contributed by atoms with Crippen molar-refractivity contribution < 1.29 is 15.3 Å². The van der Waals surface area contributed by atoms with Gasteiger partial charge in [-0.05, 0) is 24.5 Å². The minimum atomic E-state index is -0.404. The van der Waals surface area contributed by atoms with Crippen LogP contribution in [-0.2, 0) is 0 Å². The maximum atomic E-state index is 10.2. The van der Waals surface area contributed by atoms with Crippen molar-refractivity contribution in [3.63, 3.8) is 0 Å². The highest BCUT2D eigenvalue weighted by Crippen LogP contribution is 2.46. The molecule has 4 N–H and O–H groups in total. The third kappa shape index (κ3) is 2.69. The number of rotatable bonds is 4. The molecule has 5 heteroatoms. The predicted octanol–water partition coefficient (Wildman–Crippen LogP) is 1.55. The number of phenols is 3. The Labute approximate surface area is 118 Å². The van der Waals surface area contributed by atoms with Crippen LogP contribution in [0.3, 0.4) is 0 Å². The highest BCUT2D eigenvalue weighted by Gasteiger charge is 2.32. The van der Waals surface area contributed by atoms with Crippen molar-refractivity contribution in [3.05, 3.63) is 17.7 Å². The Balaban J connectivity index is 1.89. The van der Waals surface area contributed by atoms with Gasteiger partial charge < -0.3 is 20.6 Å². The van der Waals surface area contributed by atoms with Crippen LogP contribution >= 0.6 is 0 Å². The van der Waals surface area contributed by atoms with Gasteiger partial charge in [0.25, 0.3) is 0 Å². The summed E-state index contributed by atoms with van der Waals surface area (Å²) in [5.74, 6) is -0.116. The fraction of sp³-hybridized carbons (Fsp3) is 0.600. The van der Waals surface area contributed by atoms with Gasteiger partial charge in [-0.3, -0.25) is 4.90 Å². The summed E-state index contributed by atoms with van der Waals surface area (Å²) in [6, 6.07) is 3.32.